The highest BCUT2D eigenvalue weighted by molar-refractivity contribution is 5.81. The van der Waals surface area contributed by atoms with E-state index in [9.17, 15) is 9.18 Å². The van der Waals surface area contributed by atoms with E-state index < -0.39 is 0 Å². The van der Waals surface area contributed by atoms with Gasteiger partial charge in [-0.15, -0.1) is 0 Å². The van der Waals surface area contributed by atoms with Crippen LogP contribution in [-0.2, 0) is 23.3 Å². The summed E-state index contributed by atoms with van der Waals surface area (Å²) in [4.78, 5) is 19.7. The van der Waals surface area contributed by atoms with E-state index in [1.54, 1.807) is 12.1 Å². The Hall–Kier alpha value is -3.67. The number of benzene rings is 3. The molecule has 1 saturated heterocycles. The molecule has 3 aromatic carbocycles. The topological polar surface area (TPSA) is 47.4 Å². The molecule has 0 saturated carbocycles. The second-order valence-corrected chi connectivity index (χ2v) is 10.9. The van der Waals surface area contributed by atoms with Crippen LogP contribution in [0.2, 0.25) is 0 Å². The summed E-state index contributed by atoms with van der Waals surface area (Å²) in [5.41, 5.74) is 4.36. The molecule has 1 fully saturated rings. The maximum Gasteiger partial charge on any atom is 0.223 e. The number of ether oxygens (including phenoxy) is 1. The monoisotopic (exact) mass is 499 g/mol. The molecule has 1 atom stereocenters. The van der Waals surface area contributed by atoms with Crippen molar-refractivity contribution in [1.29, 1.82) is 0 Å². The number of para-hydroxylation sites is 2. The van der Waals surface area contributed by atoms with Crippen LogP contribution in [0.4, 0.5) is 4.39 Å². The molecule has 37 heavy (non-hydrogen) atoms. The number of nitrogens with zero attached hydrogens (tertiary/aromatic N) is 3. The van der Waals surface area contributed by atoms with Gasteiger partial charge in [-0.2, -0.15) is 0 Å². The quantitative estimate of drug-likeness (QED) is 0.262. The molecule has 0 N–H and O–H groups in total. The minimum absolute atomic E-state index is 0.0196. The molecule has 0 bridgehead atoms. The molecule has 5 nitrogen and oxygen atoms in total. The van der Waals surface area contributed by atoms with Crippen molar-refractivity contribution in [3.05, 3.63) is 95.6 Å². The van der Waals surface area contributed by atoms with Crippen LogP contribution in [0.1, 0.15) is 56.5 Å². The van der Waals surface area contributed by atoms with Crippen molar-refractivity contribution in [3.63, 3.8) is 0 Å². The van der Waals surface area contributed by atoms with Gasteiger partial charge in [-0.1, -0.05) is 57.2 Å². The van der Waals surface area contributed by atoms with Crippen molar-refractivity contribution in [2.24, 2.45) is 0 Å². The molecule has 1 amide bonds. The molecule has 0 spiro atoms. The van der Waals surface area contributed by atoms with Gasteiger partial charge in [0.05, 0.1) is 17.6 Å². The minimum Gasteiger partial charge on any atom is -0.494 e. The first-order valence-corrected chi connectivity index (χ1v) is 13.0. The normalized spacial score (nSPS) is 16.1. The van der Waals surface area contributed by atoms with Crippen LogP contribution in [0.25, 0.3) is 11.0 Å². The SMILES string of the molecule is CC(C)(C)c1ccc(OCCCn2c(C3CC(=O)N(Cc4ccc(F)cc4)C3)nc3ccccc32)cc1. The van der Waals surface area contributed by atoms with Gasteiger partial charge in [0.1, 0.15) is 17.4 Å². The summed E-state index contributed by atoms with van der Waals surface area (Å²) >= 11 is 0. The first-order valence-electron chi connectivity index (χ1n) is 13.0. The fourth-order valence-electron chi connectivity index (χ4n) is 5.01. The van der Waals surface area contributed by atoms with Gasteiger partial charge in [-0.25, -0.2) is 9.37 Å². The Bertz CT molecular complexity index is 1370. The number of aromatic nitrogens is 2. The average Bonchev–Trinajstić information content (AvgIpc) is 3.43. The van der Waals surface area contributed by atoms with E-state index in [1.165, 1.54) is 17.7 Å². The van der Waals surface area contributed by atoms with E-state index in [0.717, 1.165) is 41.1 Å². The van der Waals surface area contributed by atoms with E-state index in [-0.39, 0.29) is 23.1 Å². The number of rotatable bonds is 8. The number of fused-ring (bicyclic) bond motifs is 1. The molecule has 2 heterocycles. The summed E-state index contributed by atoms with van der Waals surface area (Å²) in [5.74, 6) is 1.68. The highest BCUT2D eigenvalue weighted by Crippen LogP contribution is 2.31. The molecule has 6 heteroatoms. The van der Waals surface area contributed by atoms with Gasteiger partial charge in [0.25, 0.3) is 0 Å². The third kappa shape index (κ3) is 5.68. The number of imidazole rings is 1. The number of carbonyl (C=O) groups is 1. The fraction of sp³-hybridized carbons (Fsp3) is 0.355. The first kappa shape index (κ1) is 25.0. The lowest BCUT2D eigenvalue weighted by molar-refractivity contribution is -0.128. The Morgan fingerprint density at radius 2 is 1.73 bits per heavy atom. The summed E-state index contributed by atoms with van der Waals surface area (Å²) in [6.45, 7) is 9.06. The molecule has 0 radical (unpaired) electrons. The zero-order valence-corrected chi connectivity index (χ0v) is 21.8. The summed E-state index contributed by atoms with van der Waals surface area (Å²) < 4.78 is 21.6. The highest BCUT2D eigenvalue weighted by Gasteiger charge is 2.34. The molecular formula is C31H34FN3O2. The molecule has 5 rings (SSSR count). The van der Waals surface area contributed by atoms with Gasteiger partial charge in [-0.05, 0) is 59.4 Å². The van der Waals surface area contributed by atoms with Gasteiger partial charge >= 0.3 is 0 Å². The molecule has 1 unspecified atom stereocenters. The lowest BCUT2D eigenvalue weighted by Gasteiger charge is -2.19. The fourth-order valence-corrected chi connectivity index (χ4v) is 5.01. The Kier molecular flexibility index (Phi) is 7.00. The van der Waals surface area contributed by atoms with E-state index >= 15 is 0 Å². The first-order chi connectivity index (χ1) is 17.8. The second kappa shape index (κ2) is 10.4. The Balaban J connectivity index is 1.26. The predicted octanol–water partition coefficient (Wildman–Crippen LogP) is 6.46. The average molecular weight is 500 g/mol. The highest BCUT2D eigenvalue weighted by atomic mass is 19.1. The smallest absolute Gasteiger partial charge is 0.223 e. The Morgan fingerprint density at radius 3 is 2.46 bits per heavy atom. The Labute approximate surface area is 217 Å². The van der Waals surface area contributed by atoms with Crippen molar-refractivity contribution < 1.29 is 13.9 Å². The van der Waals surface area contributed by atoms with Gasteiger partial charge in [0.2, 0.25) is 5.91 Å². The largest absolute Gasteiger partial charge is 0.494 e. The van der Waals surface area contributed by atoms with Crippen molar-refractivity contribution in [3.8, 4) is 5.75 Å². The van der Waals surface area contributed by atoms with Crippen LogP contribution in [0, 0.1) is 5.82 Å². The number of aryl methyl sites for hydroxylation is 1. The maximum absolute atomic E-state index is 13.3. The van der Waals surface area contributed by atoms with Crippen molar-refractivity contribution in [2.75, 3.05) is 13.2 Å². The third-order valence-electron chi connectivity index (χ3n) is 7.07. The van der Waals surface area contributed by atoms with Crippen LogP contribution in [0.5, 0.6) is 5.75 Å². The van der Waals surface area contributed by atoms with Crippen molar-refractivity contribution in [1.82, 2.24) is 14.5 Å². The zero-order chi connectivity index (χ0) is 26.0. The van der Waals surface area contributed by atoms with Gasteiger partial charge in [-0.3, -0.25) is 4.79 Å². The van der Waals surface area contributed by atoms with Crippen LogP contribution in [0.15, 0.2) is 72.8 Å². The van der Waals surface area contributed by atoms with E-state index in [1.807, 2.05) is 35.2 Å². The lowest BCUT2D eigenvalue weighted by atomic mass is 9.87. The van der Waals surface area contributed by atoms with Gasteiger partial charge in [0.15, 0.2) is 0 Å². The molecule has 4 aromatic rings. The number of carbonyl (C=O) groups excluding carboxylic acids is 1. The molecule has 0 aliphatic carbocycles. The number of halogens is 1. The number of likely N-dealkylation sites (tertiary alicyclic amines) is 1. The molecule has 1 aromatic heterocycles. The molecule has 192 valence electrons. The number of hydrogen-bond donors (Lipinski definition) is 0. The number of amides is 1. The standard InChI is InChI=1S/C31H34FN3O2/c1-31(2,3)24-11-15-26(16-12-24)37-18-6-17-35-28-8-5-4-7-27(28)33-30(35)23-19-29(36)34(21-23)20-22-9-13-25(32)14-10-22/h4-5,7-16,23H,6,17-21H2,1-3H3. The van der Waals surface area contributed by atoms with Crippen molar-refractivity contribution in [2.45, 2.75) is 58.0 Å². The van der Waals surface area contributed by atoms with Crippen LogP contribution >= 0.6 is 0 Å². The third-order valence-corrected chi connectivity index (χ3v) is 7.07. The van der Waals surface area contributed by atoms with E-state index in [2.05, 4.69) is 43.5 Å². The van der Waals surface area contributed by atoms with E-state index in [4.69, 9.17) is 9.72 Å². The summed E-state index contributed by atoms with van der Waals surface area (Å²) in [6, 6.07) is 22.8. The van der Waals surface area contributed by atoms with Gasteiger partial charge in [0, 0.05) is 32.0 Å². The van der Waals surface area contributed by atoms with E-state index in [0.29, 0.717) is 26.1 Å². The maximum atomic E-state index is 13.3. The van der Waals surface area contributed by atoms with Crippen molar-refractivity contribution >= 4 is 16.9 Å². The summed E-state index contributed by atoms with van der Waals surface area (Å²) in [5, 5.41) is 0. The van der Waals surface area contributed by atoms with Crippen LogP contribution in [-0.4, -0.2) is 33.5 Å². The summed E-state index contributed by atoms with van der Waals surface area (Å²) in [7, 11) is 0. The number of hydrogen-bond acceptors (Lipinski definition) is 3. The summed E-state index contributed by atoms with van der Waals surface area (Å²) in [6.07, 6.45) is 1.26. The Morgan fingerprint density at radius 1 is 1.00 bits per heavy atom. The van der Waals surface area contributed by atoms with Gasteiger partial charge < -0.3 is 14.2 Å². The predicted molar refractivity (Wildman–Crippen MR) is 144 cm³/mol. The van der Waals surface area contributed by atoms with Crippen LogP contribution < -0.4 is 4.74 Å². The minimum atomic E-state index is -0.269. The lowest BCUT2D eigenvalue weighted by Crippen LogP contribution is -2.24. The molecular weight excluding hydrogens is 465 g/mol. The van der Waals surface area contributed by atoms with Crippen LogP contribution in [0.3, 0.4) is 0 Å². The molecule has 1 aliphatic rings. The zero-order valence-electron chi connectivity index (χ0n) is 21.8. The second-order valence-electron chi connectivity index (χ2n) is 10.9. The molecule has 1 aliphatic heterocycles.